The van der Waals surface area contributed by atoms with Crippen molar-refractivity contribution in [3.05, 3.63) is 32.7 Å². The Labute approximate surface area is 151 Å². The lowest BCUT2D eigenvalue weighted by Crippen LogP contribution is -2.34. The van der Waals surface area contributed by atoms with E-state index in [4.69, 9.17) is 9.47 Å². The maximum Gasteiger partial charge on any atom is 0.326 e. The fourth-order valence-corrected chi connectivity index (χ4v) is 2.92. The Balaban J connectivity index is 2.37. The molecule has 1 aromatic carbocycles. The van der Waals surface area contributed by atoms with Crippen LogP contribution in [0.15, 0.2) is 17.0 Å². The Kier molecular flexibility index (Phi) is 5.82. The molecule has 0 radical (unpaired) electrons. The molecule has 0 aliphatic carbocycles. The average molecular weight is 381 g/mol. The first-order valence-corrected chi connectivity index (χ1v) is 8.04. The summed E-state index contributed by atoms with van der Waals surface area (Å²) in [5, 5.41) is 22.5. The smallest absolute Gasteiger partial charge is 0.326 e. The molecule has 0 aromatic heterocycles. The van der Waals surface area contributed by atoms with Crippen molar-refractivity contribution in [2.45, 2.75) is 6.92 Å². The molecule has 10 nitrogen and oxygen atoms in total. The van der Waals surface area contributed by atoms with Gasteiger partial charge in [-0.15, -0.1) is 0 Å². The van der Waals surface area contributed by atoms with Crippen LogP contribution < -0.4 is 9.84 Å². The third-order valence-electron chi connectivity index (χ3n) is 3.25. The molecule has 0 spiro atoms. The molecule has 26 heavy (non-hydrogen) atoms. The topological polar surface area (TPSA) is 139 Å². The van der Waals surface area contributed by atoms with Gasteiger partial charge < -0.3 is 14.6 Å². The predicted molar refractivity (Wildman–Crippen MR) is 88.4 cm³/mol. The second-order valence-electron chi connectivity index (χ2n) is 4.90. The molecule has 1 aliphatic rings. The summed E-state index contributed by atoms with van der Waals surface area (Å²) in [7, 11) is 1.18. The Morgan fingerprint density at radius 1 is 1.38 bits per heavy atom. The third kappa shape index (κ3) is 3.94. The van der Waals surface area contributed by atoms with Crippen molar-refractivity contribution in [2.24, 2.45) is 0 Å². The van der Waals surface area contributed by atoms with Gasteiger partial charge in [0.2, 0.25) is 0 Å². The number of nitrogens with zero attached hydrogens (tertiary/aromatic N) is 2. The number of rotatable bonds is 6. The number of benzene rings is 1. The molecule has 1 aromatic rings. The fraction of sp³-hybridized carbons (Fsp3) is 0.267. The van der Waals surface area contributed by atoms with E-state index in [2.05, 4.69) is 0 Å². The maximum absolute atomic E-state index is 12.3. The highest BCUT2D eigenvalue weighted by Crippen LogP contribution is 2.37. The van der Waals surface area contributed by atoms with E-state index in [0.717, 1.165) is 18.2 Å². The van der Waals surface area contributed by atoms with Crippen molar-refractivity contribution < 1.29 is 33.9 Å². The molecular formula is C15H13N2O8S-. The van der Waals surface area contributed by atoms with Gasteiger partial charge in [-0.05, 0) is 30.3 Å². The highest BCUT2D eigenvalue weighted by Gasteiger charge is 2.36. The maximum atomic E-state index is 12.3. The number of thioether (sulfide) groups is 1. The Bertz CT molecular complexity index is 820. The highest BCUT2D eigenvalue weighted by molar-refractivity contribution is 8.18. The molecule has 0 saturated carbocycles. The van der Waals surface area contributed by atoms with Crippen molar-refractivity contribution in [3.8, 4) is 11.5 Å². The minimum absolute atomic E-state index is 0.0952. The highest BCUT2D eigenvalue weighted by atomic mass is 32.2. The zero-order valence-electron chi connectivity index (χ0n) is 13.7. The summed E-state index contributed by atoms with van der Waals surface area (Å²) in [6.07, 6.45) is 1.06. The quantitative estimate of drug-likeness (QED) is 0.308. The fourth-order valence-electron chi connectivity index (χ4n) is 2.09. The van der Waals surface area contributed by atoms with E-state index in [9.17, 15) is 29.6 Å². The minimum Gasteiger partial charge on any atom is -0.870 e. The van der Waals surface area contributed by atoms with Gasteiger partial charge in [-0.3, -0.25) is 29.4 Å². The van der Waals surface area contributed by atoms with Gasteiger partial charge in [-0.1, -0.05) is 5.75 Å². The molecule has 0 bridgehead atoms. The first kappa shape index (κ1) is 19.2. The zero-order valence-corrected chi connectivity index (χ0v) is 14.5. The van der Waals surface area contributed by atoms with Gasteiger partial charge in [0, 0.05) is 6.07 Å². The summed E-state index contributed by atoms with van der Waals surface area (Å²) in [5.41, 5.74) is -0.587. The zero-order chi connectivity index (χ0) is 19.4. The molecule has 0 unspecified atom stereocenters. The number of non-ortho nitro benzene ring substituents is 1. The van der Waals surface area contributed by atoms with Gasteiger partial charge >= 0.3 is 5.97 Å². The number of hydrogen-bond donors (Lipinski definition) is 0. The van der Waals surface area contributed by atoms with Crippen molar-refractivity contribution >= 4 is 40.6 Å². The normalized spacial score (nSPS) is 15.5. The summed E-state index contributed by atoms with van der Waals surface area (Å²) < 4.78 is 9.50. The van der Waals surface area contributed by atoms with Gasteiger partial charge in [0.15, 0.2) is 0 Å². The van der Waals surface area contributed by atoms with Crippen LogP contribution in [-0.2, 0) is 14.3 Å². The molecule has 138 valence electrons. The van der Waals surface area contributed by atoms with E-state index in [1.165, 1.54) is 7.11 Å². The average Bonchev–Trinajstić information content (AvgIpc) is 2.84. The Hall–Kier alpha value is -3.08. The molecule has 0 N–H and O–H groups in total. The van der Waals surface area contributed by atoms with Crippen molar-refractivity contribution in [3.63, 3.8) is 0 Å². The molecular weight excluding hydrogens is 368 g/mol. The largest absolute Gasteiger partial charge is 0.870 e. The molecule has 1 heterocycles. The third-order valence-corrected chi connectivity index (χ3v) is 4.16. The lowest BCUT2D eigenvalue weighted by atomic mass is 10.1. The summed E-state index contributed by atoms with van der Waals surface area (Å²) >= 11 is 0.514. The molecule has 1 saturated heterocycles. The van der Waals surface area contributed by atoms with E-state index < -0.39 is 40.0 Å². The summed E-state index contributed by atoms with van der Waals surface area (Å²) in [4.78, 5) is 46.5. The molecule has 0 atom stereocenters. The van der Waals surface area contributed by atoms with Gasteiger partial charge in [-0.2, -0.15) is 0 Å². The number of nitro benzene ring substituents is 1. The first-order valence-electron chi connectivity index (χ1n) is 7.22. The predicted octanol–water partition coefficient (Wildman–Crippen LogP) is 1.28. The summed E-state index contributed by atoms with van der Waals surface area (Å²) in [6, 6.07) is 1.94. The second kappa shape index (κ2) is 7.87. The second-order valence-corrected chi connectivity index (χ2v) is 5.89. The summed E-state index contributed by atoms with van der Waals surface area (Å²) in [5.74, 6) is -2.48. The van der Waals surface area contributed by atoms with Gasteiger partial charge in [0.25, 0.3) is 16.8 Å². The number of hydrogen-bond acceptors (Lipinski definition) is 9. The van der Waals surface area contributed by atoms with E-state index in [-0.39, 0.29) is 22.8 Å². The van der Waals surface area contributed by atoms with Crippen LogP contribution in [0.5, 0.6) is 11.5 Å². The molecule has 1 fully saturated rings. The van der Waals surface area contributed by atoms with E-state index >= 15 is 0 Å². The van der Waals surface area contributed by atoms with E-state index in [1.807, 2.05) is 0 Å². The van der Waals surface area contributed by atoms with Crippen molar-refractivity contribution in [1.82, 2.24) is 4.90 Å². The molecule has 2 rings (SSSR count). The minimum atomic E-state index is -0.794. The van der Waals surface area contributed by atoms with Gasteiger partial charge in [0.05, 0.1) is 29.6 Å². The number of imide groups is 1. The lowest BCUT2D eigenvalue weighted by molar-refractivity contribution is -0.385. The number of carbonyl (C=O) groups excluding carboxylic acids is 3. The Morgan fingerprint density at radius 3 is 2.65 bits per heavy atom. The first-order chi connectivity index (χ1) is 12.3. The number of ether oxygens (including phenoxy) is 2. The van der Waals surface area contributed by atoms with Gasteiger partial charge in [-0.25, -0.2) is 0 Å². The molecule has 11 heteroatoms. The summed E-state index contributed by atoms with van der Waals surface area (Å²) in [6.45, 7) is 1.12. The number of methoxy groups -OCH3 is 1. The lowest BCUT2D eigenvalue weighted by Gasteiger charge is -2.15. The van der Waals surface area contributed by atoms with Crippen LogP contribution in [0.4, 0.5) is 10.5 Å². The SMILES string of the molecule is CCOC(=O)CN1C(=O)S/C(=C/c2cc([N+](=O)[O-])cc(OC)c2[O-])C1=O. The van der Waals surface area contributed by atoms with Crippen LogP contribution in [0.2, 0.25) is 0 Å². The van der Waals surface area contributed by atoms with Crippen molar-refractivity contribution in [1.29, 1.82) is 0 Å². The van der Waals surface area contributed by atoms with E-state index in [0.29, 0.717) is 16.7 Å². The van der Waals surface area contributed by atoms with Crippen LogP contribution in [0.25, 0.3) is 6.08 Å². The monoisotopic (exact) mass is 381 g/mol. The Morgan fingerprint density at radius 2 is 2.08 bits per heavy atom. The van der Waals surface area contributed by atoms with Crippen LogP contribution in [0.3, 0.4) is 0 Å². The number of amides is 2. The molecule has 2 amide bonds. The van der Waals surface area contributed by atoms with Crippen LogP contribution in [0.1, 0.15) is 12.5 Å². The van der Waals surface area contributed by atoms with Crippen LogP contribution in [0, 0.1) is 10.1 Å². The molecule has 1 aliphatic heterocycles. The number of nitro groups is 1. The standard InChI is InChI=1S/C15H14N2O8S/c1-3-25-12(18)7-16-14(20)11(26-15(16)21)5-8-4-9(17(22)23)6-10(24-2)13(8)19/h4-6,19H,3,7H2,1-2H3/p-1/b11-5+. The van der Waals surface area contributed by atoms with Crippen LogP contribution in [-0.4, -0.2) is 47.2 Å². The number of esters is 1. The van der Waals surface area contributed by atoms with Crippen molar-refractivity contribution in [2.75, 3.05) is 20.3 Å². The van der Waals surface area contributed by atoms with E-state index in [1.54, 1.807) is 6.92 Å². The van der Waals surface area contributed by atoms with Crippen LogP contribution >= 0.6 is 11.8 Å². The van der Waals surface area contributed by atoms with Gasteiger partial charge in [0.1, 0.15) is 12.3 Å². The number of carbonyl (C=O) groups is 3.